The molecule has 1 rings (SSSR count). The SMILES string of the molecule is CC(C)(C)CC(CO)NC(=O)c1ccc(Cl)s1. The van der Waals surface area contributed by atoms with Crippen LogP contribution < -0.4 is 5.32 Å². The quantitative estimate of drug-likeness (QED) is 0.888. The summed E-state index contributed by atoms with van der Waals surface area (Å²) in [4.78, 5) is 12.4. The van der Waals surface area contributed by atoms with Gasteiger partial charge < -0.3 is 10.4 Å². The Hall–Kier alpha value is -0.580. The van der Waals surface area contributed by atoms with Crippen LogP contribution in [0, 0.1) is 5.41 Å². The molecule has 0 aliphatic rings. The van der Waals surface area contributed by atoms with Crippen molar-refractivity contribution in [2.24, 2.45) is 5.41 Å². The largest absolute Gasteiger partial charge is 0.394 e. The lowest BCUT2D eigenvalue weighted by Gasteiger charge is -2.25. The van der Waals surface area contributed by atoms with Crippen molar-refractivity contribution in [1.29, 1.82) is 0 Å². The first-order valence-electron chi connectivity index (χ1n) is 5.49. The first kappa shape index (κ1) is 14.5. The van der Waals surface area contributed by atoms with Crippen LogP contribution in [0.15, 0.2) is 12.1 Å². The van der Waals surface area contributed by atoms with Gasteiger partial charge in [0.05, 0.1) is 21.9 Å². The maximum absolute atomic E-state index is 11.8. The Kier molecular flexibility index (Phi) is 4.98. The number of nitrogens with one attached hydrogen (secondary N) is 1. The Labute approximate surface area is 111 Å². The lowest BCUT2D eigenvalue weighted by atomic mass is 9.88. The molecule has 0 fully saturated rings. The minimum atomic E-state index is -0.219. The molecule has 1 aromatic rings. The van der Waals surface area contributed by atoms with Gasteiger partial charge in [-0.05, 0) is 24.0 Å². The molecule has 17 heavy (non-hydrogen) atoms. The number of carbonyl (C=O) groups excluding carboxylic acids is 1. The van der Waals surface area contributed by atoms with Crippen LogP contribution in [-0.4, -0.2) is 23.7 Å². The van der Waals surface area contributed by atoms with Crippen LogP contribution in [-0.2, 0) is 0 Å². The average molecular weight is 276 g/mol. The van der Waals surface area contributed by atoms with E-state index in [-0.39, 0.29) is 24.0 Å². The maximum Gasteiger partial charge on any atom is 0.261 e. The van der Waals surface area contributed by atoms with E-state index in [0.29, 0.717) is 9.21 Å². The van der Waals surface area contributed by atoms with Gasteiger partial charge in [0.2, 0.25) is 0 Å². The number of rotatable bonds is 4. The molecule has 0 bridgehead atoms. The van der Waals surface area contributed by atoms with Crippen LogP contribution in [0.2, 0.25) is 4.34 Å². The van der Waals surface area contributed by atoms with E-state index in [0.717, 1.165) is 6.42 Å². The number of hydrogen-bond acceptors (Lipinski definition) is 3. The maximum atomic E-state index is 11.8. The Morgan fingerprint density at radius 3 is 2.59 bits per heavy atom. The molecule has 0 saturated heterocycles. The molecule has 1 atom stereocenters. The lowest BCUT2D eigenvalue weighted by molar-refractivity contribution is 0.0902. The summed E-state index contributed by atoms with van der Waals surface area (Å²) in [5, 5.41) is 12.1. The molecule has 1 heterocycles. The van der Waals surface area contributed by atoms with Crippen molar-refractivity contribution in [2.45, 2.75) is 33.2 Å². The predicted molar refractivity (Wildman–Crippen MR) is 71.7 cm³/mol. The van der Waals surface area contributed by atoms with Gasteiger partial charge in [-0.2, -0.15) is 0 Å². The fourth-order valence-electron chi connectivity index (χ4n) is 1.59. The van der Waals surface area contributed by atoms with Crippen molar-refractivity contribution in [3.8, 4) is 0 Å². The standard InChI is InChI=1S/C12H18ClNO2S/c1-12(2,3)6-8(7-15)14-11(16)9-4-5-10(13)17-9/h4-5,8,15H,6-7H2,1-3H3,(H,14,16). The smallest absolute Gasteiger partial charge is 0.261 e. The second-order valence-corrected chi connectivity index (χ2v) is 6.94. The molecule has 3 nitrogen and oxygen atoms in total. The molecular formula is C12H18ClNO2S. The number of carbonyl (C=O) groups is 1. The molecule has 0 radical (unpaired) electrons. The third kappa shape index (κ3) is 5.06. The van der Waals surface area contributed by atoms with E-state index in [4.69, 9.17) is 11.6 Å². The molecule has 0 aliphatic heterocycles. The number of amides is 1. The summed E-state index contributed by atoms with van der Waals surface area (Å²) in [6, 6.07) is 3.16. The second-order valence-electron chi connectivity index (χ2n) is 5.22. The predicted octanol–water partition coefficient (Wildman–Crippen LogP) is 2.93. The zero-order chi connectivity index (χ0) is 13.1. The fourth-order valence-corrected chi connectivity index (χ4v) is 2.54. The molecule has 0 aliphatic carbocycles. The minimum absolute atomic E-state index is 0.0535. The highest BCUT2D eigenvalue weighted by Gasteiger charge is 2.20. The van der Waals surface area contributed by atoms with Crippen LogP contribution in [0.25, 0.3) is 0 Å². The average Bonchev–Trinajstić information content (AvgIpc) is 2.61. The van der Waals surface area contributed by atoms with Gasteiger partial charge in [0.15, 0.2) is 0 Å². The summed E-state index contributed by atoms with van der Waals surface area (Å²) in [7, 11) is 0. The Bertz CT molecular complexity index is 384. The molecule has 2 N–H and O–H groups in total. The van der Waals surface area contributed by atoms with Crippen molar-refractivity contribution < 1.29 is 9.90 Å². The summed E-state index contributed by atoms with van der Waals surface area (Å²) in [5.41, 5.74) is 0.0633. The van der Waals surface area contributed by atoms with Gasteiger partial charge in [0, 0.05) is 0 Å². The summed E-state index contributed by atoms with van der Waals surface area (Å²) in [6.45, 7) is 6.17. The van der Waals surface area contributed by atoms with Crippen LogP contribution in [0.3, 0.4) is 0 Å². The third-order valence-corrected chi connectivity index (χ3v) is 3.44. The van der Waals surface area contributed by atoms with Crippen molar-refractivity contribution in [1.82, 2.24) is 5.32 Å². The van der Waals surface area contributed by atoms with Crippen molar-refractivity contribution in [3.05, 3.63) is 21.3 Å². The summed E-state index contributed by atoms with van der Waals surface area (Å²) < 4.78 is 0.589. The summed E-state index contributed by atoms with van der Waals surface area (Å²) in [5.74, 6) is -0.176. The molecular weight excluding hydrogens is 258 g/mol. The van der Waals surface area contributed by atoms with Crippen molar-refractivity contribution in [3.63, 3.8) is 0 Å². The molecule has 0 saturated carbocycles. The molecule has 0 spiro atoms. The van der Waals surface area contributed by atoms with Gasteiger partial charge in [-0.15, -0.1) is 11.3 Å². The van der Waals surface area contributed by atoms with Gasteiger partial charge >= 0.3 is 0 Å². The van der Waals surface area contributed by atoms with Crippen LogP contribution >= 0.6 is 22.9 Å². The van der Waals surface area contributed by atoms with Gasteiger partial charge in [-0.3, -0.25) is 4.79 Å². The van der Waals surface area contributed by atoms with E-state index < -0.39 is 0 Å². The van der Waals surface area contributed by atoms with Gasteiger partial charge in [-0.25, -0.2) is 0 Å². The van der Waals surface area contributed by atoms with E-state index in [1.165, 1.54) is 11.3 Å². The number of hydrogen-bond donors (Lipinski definition) is 2. The normalized spacial score (nSPS) is 13.5. The van der Waals surface area contributed by atoms with E-state index in [1.807, 2.05) is 0 Å². The number of thiophene rings is 1. The van der Waals surface area contributed by atoms with Gasteiger partial charge in [0.25, 0.3) is 5.91 Å². The summed E-state index contributed by atoms with van der Waals surface area (Å²) >= 11 is 7.01. The first-order chi connectivity index (χ1) is 7.81. The third-order valence-electron chi connectivity index (χ3n) is 2.21. The highest BCUT2D eigenvalue weighted by molar-refractivity contribution is 7.17. The Balaban J connectivity index is 2.60. The lowest BCUT2D eigenvalue weighted by Crippen LogP contribution is -2.39. The zero-order valence-corrected chi connectivity index (χ0v) is 11.9. The second kappa shape index (κ2) is 5.85. The van der Waals surface area contributed by atoms with Crippen molar-refractivity contribution >= 4 is 28.8 Å². The highest BCUT2D eigenvalue weighted by Crippen LogP contribution is 2.23. The molecule has 0 aromatic carbocycles. The zero-order valence-electron chi connectivity index (χ0n) is 10.3. The molecule has 1 amide bonds. The monoisotopic (exact) mass is 275 g/mol. The van der Waals surface area contributed by atoms with Gasteiger partial charge in [-0.1, -0.05) is 32.4 Å². The van der Waals surface area contributed by atoms with E-state index >= 15 is 0 Å². The van der Waals surface area contributed by atoms with E-state index in [1.54, 1.807) is 12.1 Å². The topological polar surface area (TPSA) is 49.3 Å². The van der Waals surface area contributed by atoms with Crippen LogP contribution in [0.5, 0.6) is 0 Å². The van der Waals surface area contributed by atoms with E-state index in [2.05, 4.69) is 26.1 Å². The van der Waals surface area contributed by atoms with Gasteiger partial charge in [0.1, 0.15) is 0 Å². The number of halogens is 1. The van der Waals surface area contributed by atoms with E-state index in [9.17, 15) is 9.90 Å². The Morgan fingerprint density at radius 2 is 2.18 bits per heavy atom. The number of aliphatic hydroxyl groups is 1. The van der Waals surface area contributed by atoms with Crippen LogP contribution in [0.1, 0.15) is 36.9 Å². The molecule has 1 aromatic heterocycles. The van der Waals surface area contributed by atoms with Crippen molar-refractivity contribution in [2.75, 3.05) is 6.61 Å². The fraction of sp³-hybridized carbons (Fsp3) is 0.583. The summed E-state index contributed by atoms with van der Waals surface area (Å²) in [6.07, 6.45) is 0.731. The van der Waals surface area contributed by atoms with Crippen LogP contribution in [0.4, 0.5) is 0 Å². The minimum Gasteiger partial charge on any atom is -0.394 e. The Morgan fingerprint density at radius 1 is 1.53 bits per heavy atom. The number of aliphatic hydroxyl groups excluding tert-OH is 1. The molecule has 1 unspecified atom stereocenters. The molecule has 5 heteroatoms. The first-order valence-corrected chi connectivity index (χ1v) is 6.68. The molecule has 96 valence electrons. The highest BCUT2D eigenvalue weighted by atomic mass is 35.5.